The fourth-order valence-corrected chi connectivity index (χ4v) is 15.9. The molecule has 6 aliphatic rings. The third kappa shape index (κ3) is 18.5. The van der Waals surface area contributed by atoms with Crippen molar-refractivity contribution in [1.29, 1.82) is 0 Å². The first-order valence-corrected chi connectivity index (χ1v) is 38.9. The Bertz CT molecular complexity index is 6000. The number of aromatic amines is 1. The number of phosphoric acid groups is 1. The predicted octanol–water partition coefficient (Wildman–Crippen LogP) is -7.15. The summed E-state index contributed by atoms with van der Waals surface area (Å²) in [4.78, 5) is 124. The number of ether oxygens (including phenoxy) is 5. The van der Waals surface area contributed by atoms with Crippen LogP contribution >= 0.6 is 15.6 Å². The van der Waals surface area contributed by atoms with Crippen molar-refractivity contribution in [3.8, 4) is 0 Å². The van der Waals surface area contributed by atoms with Crippen molar-refractivity contribution in [3.05, 3.63) is 150 Å². The molecule has 2 aromatic carbocycles. The first-order valence-electron chi connectivity index (χ1n) is 35.9. The van der Waals surface area contributed by atoms with Crippen LogP contribution in [0.4, 0.5) is 46.8 Å². The van der Waals surface area contributed by atoms with Crippen molar-refractivity contribution in [2.75, 3.05) is 67.4 Å². The molecule has 16 N–H and O–H groups in total. The maximum absolute atomic E-state index is 15.9. The van der Waals surface area contributed by atoms with E-state index in [0.29, 0.717) is 22.3 Å². The summed E-state index contributed by atoms with van der Waals surface area (Å²) in [6, 6.07) is 17.1. The van der Waals surface area contributed by atoms with Crippen molar-refractivity contribution >= 4 is 112 Å². The number of anilines is 5. The van der Waals surface area contributed by atoms with Crippen LogP contribution in [-0.4, -0.2) is 265 Å². The van der Waals surface area contributed by atoms with Crippen molar-refractivity contribution in [2.24, 2.45) is 11.0 Å². The largest absolute Gasteiger partial charge is 1.00 e. The van der Waals surface area contributed by atoms with Gasteiger partial charge in [0, 0.05) is 28.5 Å². The molecule has 0 aliphatic carbocycles. The Labute approximate surface area is 728 Å². The summed E-state index contributed by atoms with van der Waals surface area (Å²) < 4.78 is 135. The number of amides is 2. The number of H-pyrrole nitrogens is 1. The number of carbonyl (C=O) groups excluding carboxylic acids is 2. The summed E-state index contributed by atoms with van der Waals surface area (Å²) >= 11 is 0. The van der Waals surface area contributed by atoms with Gasteiger partial charge in [-0.05, 0) is 29.8 Å². The quantitative estimate of drug-likeness (QED) is 0.0120. The van der Waals surface area contributed by atoms with Gasteiger partial charge in [-0.2, -0.15) is 4.98 Å². The molecule has 123 heavy (non-hydrogen) atoms. The van der Waals surface area contributed by atoms with Crippen molar-refractivity contribution < 1.29 is 173 Å². The number of azide groups is 1. The summed E-state index contributed by atoms with van der Waals surface area (Å²) in [6.07, 6.45) is -16.8. The second-order valence-corrected chi connectivity index (χ2v) is 30.0. The molecule has 16 heterocycles. The van der Waals surface area contributed by atoms with E-state index in [1.807, 2.05) is 0 Å². The van der Waals surface area contributed by atoms with Crippen molar-refractivity contribution in [3.63, 3.8) is 0 Å². The number of aromatic nitrogens is 20. The molecule has 0 radical (unpaired) electrons. The molecule has 6 aliphatic heterocycles. The van der Waals surface area contributed by atoms with Crippen LogP contribution in [0.2, 0.25) is 0 Å². The molecule has 22 unspecified atom stereocenters. The number of imidazole rings is 5. The van der Waals surface area contributed by atoms with E-state index < -0.39 is 177 Å². The minimum Gasteiger partial charge on any atom is -0.766 e. The number of carbonyl (C=O) groups is 2. The summed E-state index contributed by atoms with van der Waals surface area (Å²) in [5.74, 6) is -1.77. The molecular weight excluding hydrogens is 1710 g/mol. The fourth-order valence-electron chi connectivity index (χ4n) is 13.9. The number of halogens is 4. The fraction of sp³-hybridized carbons (Fsp3) is 0.400. The van der Waals surface area contributed by atoms with Gasteiger partial charge < -0.3 is 106 Å². The number of phosphoric ester groups is 1. The van der Waals surface area contributed by atoms with Crippen LogP contribution in [0, 0.1) is 5.92 Å². The molecule has 2 amide bonds. The molecule has 638 valence electrons. The van der Waals surface area contributed by atoms with E-state index in [1.54, 1.807) is 60.7 Å². The minimum atomic E-state index is -5.36. The zero-order valence-electron chi connectivity index (χ0n) is 63.5. The van der Waals surface area contributed by atoms with Crippen LogP contribution in [0.3, 0.4) is 0 Å². The second kappa shape index (κ2) is 38.3. The van der Waals surface area contributed by atoms with E-state index >= 15 is 4.39 Å². The maximum atomic E-state index is 15.9. The van der Waals surface area contributed by atoms with Crippen LogP contribution in [0.15, 0.2) is 128 Å². The van der Waals surface area contributed by atoms with Gasteiger partial charge in [0.25, 0.3) is 25.2 Å². The summed E-state index contributed by atoms with van der Waals surface area (Å²) in [7, 11) is -10.5. The van der Waals surface area contributed by atoms with Crippen LogP contribution in [-0.2, 0) is 46.4 Å². The third-order valence-corrected chi connectivity index (χ3v) is 21.8. The number of alkyl halides is 4. The minimum absolute atomic E-state index is 0. The smallest absolute Gasteiger partial charge is 0.766 e. The second-order valence-electron chi connectivity index (χ2n) is 27.1. The first-order chi connectivity index (χ1) is 58.2. The summed E-state index contributed by atoms with van der Waals surface area (Å²) in [5.41, 5.74) is 27.2. The Morgan fingerprint density at radius 2 is 0.951 bits per heavy atom. The summed E-state index contributed by atoms with van der Waals surface area (Å²) in [6.45, 7) is -3.52. The molecular formula is C65H67F4N29Na2O21P2. The van der Waals surface area contributed by atoms with Gasteiger partial charge in [-0.1, -0.05) is 41.5 Å². The van der Waals surface area contributed by atoms with Crippen LogP contribution in [0.25, 0.3) is 66.3 Å². The zero-order valence-corrected chi connectivity index (χ0v) is 69.3. The van der Waals surface area contributed by atoms with E-state index in [1.165, 1.54) is 51.7 Å². The zero-order chi connectivity index (χ0) is 85.5. The number of hydrogen-bond donors (Lipinski definition) is 13. The topological polar surface area (TPSA) is 710 Å². The molecule has 22 atom stereocenters. The number of benzene rings is 2. The molecule has 18 rings (SSSR count). The number of nitrogens with two attached hydrogens (primary N) is 3. The number of fused-ring (bicyclic) bond motifs is 8. The van der Waals surface area contributed by atoms with Gasteiger partial charge in [-0.25, -0.2) is 82.4 Å². The average molecular weight is 1770 g/mol. The van der Waals surface area contributed by atoms with E-state index in [2.05, 4.69) is 101 Å². The van der Waals surface area contributed by atoms with Crippen LogP contribution in [0.5, 0.6) is 0 Å². The number of hydrogen-bond acceptors (Lipinski definition) is 39. The Kier molecular flexibility index (Phi) is 28.3. The SMILES string of the molecule is Nc1nc2c(ncn2C2OC3COP(=O)([O-])OC4C(CNP(=O)([O-])OC2C3CO)OC(n2cnc3c(N)ncnc32)C4F)c(=O)[nH]1.Nc1ncnc2c1ncn2C1OC(CO)C(O)C1F.O=C(Nc1ncnc2c1ncn2C1OC(CO)C(O)C1F)c1ccccc1.[N-]=[N+]=NCC1OC(n2cnc3c(NC(=O)c4ccccc4)ncnc32)C(F)C1O.[Na+].[Na+]. The molecule has 0 spiro atoms. The van der Waals surface area contributed by atoms with Gasteiger partial charge in [0.2, 0.25) is 13.7 Å². The number of aliphatic hydroxyl groups is 6. The standard InChI is InChI=1S/C21H26FN11O11P2.C17H15FN8O3.C17H16FN5O4.C10H12FN5O3.2Na/c22-10-14-8(41-19(10)32-5-27-11-15(23)25-4-26-16(11)32)1-29-45(36,37)43-13-7(2-34)9(3-40-46(38,39)44-14)42-20(13)33-6-28-12-17(33)30-21(24)31-18(12)35;18-11-13(27)10(6-23-25-19)29-17(11)26-8-22-12-14(20-7-21-15(12)26)24-16(28)9-4-2-1-3-5-9;18-11-13(25)10(6-24)27-17(11)23-8-21-12-14(19-7-20-15(12)23)22-16(26)9-4-2-1-3-5-9;11-5-7(18)4(1-17)19-10(5)16-3-15-6-8(12)13-2-14-9(6)16;;/h4-10,13-14,19-20,34H,1-3H2,(H,38,39)(H2,23,25,26)(H2,29,36,37)(H3,24,30,31,35);1-5,7-8,10-11,13,17,27H,6H2,(H,20,21,24,28);1-5,7-8,10-11,13,17,24-25H,6H2,(H,19,20,22,26);2-5,7,10,17-18H,1H2,(H2,12,13,14);;/q;;;;2*+1/p-2. The monoisotopic (exact) mass is 1770 g/mol. The van der Waals surface area contributed by atoms with Crippen molar-refractivity contribution in [2.45, 2.75) is 117 Å². The average Bonchev–Trinajstić information content (AvgIpc) is 1.63. The molecule has 2 bridgehead atoms. The summed E-state index contributed by atoms with van der Waals surface area (Å²) in [5, 5.41) is 68.6. The van der Waals surface area contributed by atoms with Gasteiger partial charge in [0.15, 0.2) is 124 Å². The number of nitrogens with one attached hydrogen (secondary N) is 4. The van der Waals surface area contributed by atoms with Gasteiger partial charge in [-0.15, -0.1) is 0 Å². The van der Waals surface area contributed by atoms with Gasteiger partial charge >= 0.3 is 59.1 Å². The van der Waals surface area contributed by atoms with Crippen LogP contribution < -0.4 is 107 Å². The Morgan fingerprint density at radius 1 is 0.537 bits per heavy atom. The predicted molar refractivity (Wildman–Crippen MR) is 396 cm³/mol. The maximum Gasteiger partial charge on any atom is 1.00 e. The van der Waals surface area contributed by atoms with E-state index in [9.17, 15) is 72.0 Å². The van der Waals surface area contributed by atoms with E-state index in [4.69, 9.17) is 65.1 Å². The molecule has 6 fully saturated rings. The van der Waals surface area contributed by atoms with Crippen LogP contribution in [0.1, 0.15) is 51.9 Å². The number of nitrogens with zero attached hydrogens (tertiary/aromatic N) is 22. The van der Waals surface area contributed by atoms with E-state index in [0.717, 1.165) is 28.1 Å². The molecule has 58 heteroatoms. The third-order valence-electron chi connectivity index (χ3n) is 19.8. The molecule has 0 saturated carbocycles. The van der Waals surface area contributed by atoms with Gasteiger partial charge in [0.05, 0.1) is 76.8 Å². The molecule has 10 aromatic heterocycles. The Balaban J connectivity index is 0.000000148. The Hall–Kier alpha value is -9.86. The van der Waals surface area contributed by atoms with Gasteiger partial charge in [0.1, 0.15) is 85.2 Å². The van der Waals surface area contributed by atoms with Gasteiger partial charge in [-0.3, -0.25) is 56.4 Å². The van der Waals surface area contributed by atoms with Crippen molar-refractivity contribution in [1.82, 2.24) is 103 Å². The normalized spacial score (nSPS) is 29.8. The Morgan fingerprint density at radius 3 is 1.41 bits per heavy atom. The number of aliphatic hydroxyl groups excluding tert-OH is 6. The van der Waals surface area contributed by atoms with E-state index in [-0.39, 0.29) is 151 Å². The number of rotatable bonds is 14. The molecule has 6 saturated heterocycles. The molecule has 50 nitrogen and oxygen atoms in total. The molecule has 12 aromatic rings. The number of nitrogen functional groups attached to an aromatic ring is 3. The first kappa shape index (κ1) is 90.9.